The summed E-state index contributed by atoms with van der Waals surface area (Å²) in [5.74, 6) is -0.0329. The monoisotopic (exact) mass is 412 g/mol. The van der Waals surface area contributed by atoms with Crippen LogP contribution in [0.4, 0.5) is 4.39 Å². The maximum absolute atomic E-state index is 13.1. The third-order valence-corrected chi connectivity index (χ3v) is 5.73. The van der Waals surface area contributed by atoms with E-state index < -0.39 is 17.3 Å². The van der Waals surface area contributed by atoms with E-state index in [0.717, 1.165) is 37.4 Å². The molecule has 4 rings (SSSR count). The van der Waals surface area contributed by atoms with Crippen LogP contribution in [0.15, 0.2) is 30.6 Å². The standard InChI is InChI=1S/C22H25FN4O3/c1-22(9-20(24)28,14-4-5-14)27-21(29)18-8-19(17(11-26-18)13-2-3-13)30-12-16-7-6-15(23)10-25-16/h6-8,10-11,13-14H,2-5,9,12H2,1H3,(H2,24,28)(H,27,29). The number of aromatic nitrogens is 2. The SMILES string of the molecule is CC(CC(N)=O)(NC(=O)c1cc(OCc2ccc(F)cn2)c(C2CC2)cn1)C1CC1. The molecule has 0 radical (unpaired) electrons. The lowest BCUT2D eigenvalue weighted by atomic mass is 9.91. The van der Waals surface area contributed by atoms with Crippen molar-refractivity contribution < 1.29 is 18.7 Å². The van der Waals surface area contributed by atoms with Gasteiger partial charge in [-0.2, -0.15) is 0 Å². The Morgan fingerprint density at radius 3 is 2.60 bits per heavy atom. The Bertz CT molecular complexity index is 957. The Labute approximate surface area is 174 Å². The summed E-state index contributed by atoms with van der Waals surface area (Å²) >= 11 is 0. The number of halogens is 1. The van der Waals surface area contributed by atoms with E-state index in [9.17, 15) is 14.0 Å². The van der Waals surface area contributed by atoms with Crippen LogP contribution in [0.5, 0.6) is 5.75 Å². The Morgan fingerprint density at radius 1 is 1.23 bits per heavy atom. The number of hydrogen-bond acceptors (Lipinski definition) is 5. The van der Waals surface area contributed by atoms with Crippen LogP contribution >= 0.6 is 0 Å². The molecular weight excluding hydrogens is 387 g/mol. The first-order chi connectivity index (χ1) is 14.3. The largest absolute Gasteiger partial charge is 0.487 e. The molecule has 158 valence electrons. The number of primary amides is 1. The summed E-state index contributed by atoms with van der Waals surface area (Å²) in [6, 6.07) is 4.52. The zero-order valence-corrected chi connectivity index (χ0v) is 16.9. The maximum Gasteiger partial charge on any atom is 0.270 e. The summed E-state index contributed by atoms with van der Waals surface area (Å²) in [6.45, 7) is 2.01. The minimum atomic E-state index is -0.682. The van der Waals surface area contributed by atoms with Crippen molar-refractivity contribution in [2.24, 2.45) is 11.7 Å². The number of ether oxygens (including phenoxy) is 1. The molecule has 7 nitrogen and oxygen atoms in total. The minimum absolute atomic E-state index is 0.0865. The normalized spacial score (nSPS) is 17.8. The molecule has 2 aliphatic rings. The van der Waals surface area contributed by atoms with Crippen molar-refractivity contribution >= 4 is 11.8 Å². The number of carbonyl (C=O) groups excluding carboxylic acids is 2. The van der Waals surface area contributed by atoms with Gasteiger partial charge in [0.25, 0.3) is 5.91 Å². The maximum atomic E-state index is 13.1. The number of nitrogens with one attached hydrogen (secondary N) is 1. The van der Waals surface area contributed by atoms with Crippen LogP contribution in [0.1, 0.15) is 66.7 Å². The summed E-state index contributed by atoms with van der Waals surface area (Å²) in [4.78, 5) is 32.7. The van der Waals surface area contributed by atoms with Crippen molar-refractivity contribution in [2.45, 2.75) is 57.1 Å². The molecule has 2 heterocycles. The molecule has 0 aromatic carbocycles. The number of hydrogen-bond donors (Lipinski definition) is 2. The van der Waals surface area contributed by atoms with Crippen molar-refractivity contribution in [3.8, 4) is 5.75 Å². The third kappa shape index (κ3) is 4.75. The smallest absolute Gasteiger partial charge is 0.270 e. The van der Waals surface area contributed by atoms with E-state index in [2.05, 4.69) is 15.3 Å². The first-order valence-electron chi connectivity index (χ1n) is 10.2. The molecule has 0 saturated heterocycles. The Balaban J connectivity index is 1.51. The van der Waals surface area contributed by atoms with Gasteiger partial charge in [0.15, 0.2) is 0 Å². The quantitative estimate of drug-likeness (QED) is 0.659. The van der Waals surface area contributed by atoms with Crippen LogP contribution < -0.4 is 15.8 Å². The van der Waals surface area contributed by atoms with Crippen LogP contribution in [0, 0.1) is 11.7 Å². The highest BCUT2D eigenvalue weighted by Crippen LogP contribution is 2.44. The zero-order valence-electron chi connectivity index (χ0n) is 16.9. The summed E-state index contributed by atoms with van der Waals surface area (Å²) in [5, 5.41) is 2.96. The van der Waals surface area contributed by atoms with Gasteiger partial charge in [-0.15, -0.1) is 0 Å². The molecule has 0 aliphatic heterocycles. The van der Waals surface area contributed by atoms with Crippen LogP contribution in [-0.2, 0) is 11.4 Å². The Morgan fingerprint density at radius 2 is 2.00 bits per heavy atom. The fraction of sp³-hybridized carbons (Fsp3) is 0.455. The van der Waals surface area contributed by atoms with Gasteiger partial charge in [0, 0.05) is 29.8 Å². The number of amides is 2. The molecule has 0 bridgehead atoms. The second-order valence-corrected chi connectivity index (χ2v) is 8.43. The highest BCUT2D eigenvalue weighted by atomic mass is 19.1. The summed E-state index contributed by atoms with van der Waals surface area (Å²) in [5.41, 5.74) is 6.47. The van der Waals surface area contributed by atoms with Gasteiger partial charge >= 0.3 is 0 Å². The summed E-state index contributed by atoms with van der Waals surface area (Å²) in [7, 11) is 0. The molecule has 2 aliphatic carbocycles. The number of nitrogens with zero attached hydrogens (tertiary/aromatic N) is 2. The second kappa shape index (κ2) is 8.01. The average Bonchev–Trinajstić information content (AvgIpc) is 3.59. The molecule has 0 spiro atoms. The van der Waals surface area contributed by atoms with E-state index in [1.165, 1.54) is 6.07 Å². The van der Waals surface area contributed by atoms with Crippen LogP contribution in [-0.4, -0.2) is 27.3 Å². The number of pyridine rings is 2. The van der Waals surface area contributed by atoms with Gasteiger partial charge < -0.3 is 15.8 Å². The van der Waals surface area contributed by atoms with Crippen LogP contribution in [0.2, 0.25) is 0 Å². The van der Waals surface area contributed by atoms with Gasteiger partial charge in [0.1, 0.15) is 23.9 Å². The van der Waals surface area contributed by atoms with Crippen molar-refractivity contribution in [1.29, 1.82) is 0 Å². The number of rotatable bonds is 9. The molecule has 2 aromatic rings. The molecule has 8 heteroatoms. The van der Waals surface area contributed by atoms with Gasteiger partial charge in [0.05, 0.1) is 11.9 Å². The van der Waals surface area contributed by atoms with Crippen molar-refractivity contribution in [3.63, 3.8) is 0 Å². The van der Waals surface area contributed by atoms with Crippen LogP contribution in [0.3, 0.4) is 0 Å². The summed E-state index contributed by atoms with van der Waals surface area (Å²) in [6.07, 6.45) is 6.93. The minimum Gasteiger partial charge on any atom is -0.487 e. The van der Waals surface area contributed by atoms with E-state index in [-0.39, 0.29) is 30.5 Å². The first-order valence-corrected chi connectivity index (χ1v) is 10.2. The predicted molar refractivity (Wildman–Crippen MR) is 107 cm³/mol. The van der Waals surface area contributed by atoms with Gasteiger partial charge in [-0.3, -0.25) is 19.6 Å². The topological polar surface area (TPSA) is 107 Å². The first kappa shape index (κ1) is 20.3. The molecule has 2 fully saturated rings. The van der Waals surface area contributed by atoms with E-state index in [4.69, 9.17) is 10.5 Å². The fourth-order valence-electron chi connectivity index (χ4n) is 3.74. The molecule has 1 unspecified atom stereocenters. The fourth-order valence-corrected chi connectivity index (χ4v) is 3.74. The molecular formula is C22H25FN4O3. The molecule has 1 atom stereocenters. The molecule has 2 amide bonds. The van der Waals surface area contributed by atoms with Crippen molar-refractivity contribution in [2.75, 3.05) is 0 Å². The zero-order chi connectivity index (χ0) is 21.3. The lowest BCUT2D eigenvalue weighted by molar-refractivity contribution is -0.119. The number of carbonyl (C=O) groups is 2. The predicted octanol–water partition coefficient (Wildman–Crippen LogP) is 2.85. The van der Waals surface area contributed by atoms with Gasteiger partial charge in [-0.25, -0.2) is 4.39 Å². The molecule has 2 saturated carbocycles. The second-order valence-electron chi connectivity index (χ2n) is 8.43. The van der Waals surface area contributed by atoms with E-state index in [1.807, 2.05) is 6.92 Å². The van der Waals surface area contributed by atoms with Crippen LogP contribution in [0.25, 0.3) is 0 Å². The van der Waals surface area contributed by atoms with Crippen molar-refractivity contribution in [3.05, 3.63) is 53.4 Å². The lowest BCUT2D eigenvalue weighted by Gasteiger charge is -2.29. The third-order valence-electron chi connectivity index (χ3n) is 5.73. The van der Waals surface area contributed by atoms with Gasteiger partial charge in [0.2, 0.25) is 5.91 Å². The lowest BCUT2D eigenvalue weighted by Crippen LogP contribution is -2.50. The van der Waals surface area contributed by atoms with E-state index in [1.54, 1.807) is 18.3 Å². The average molecular weight is 412 g/mol. The van der Waals surface area contributed by atoms with Gasteiger partial charge in [-0.05, 0) is 56.6 Å². The molecule has 30 heavy (non-hydrogen) atoms. The summed E-state index contributed by atoms with van der Waals surface area (Å²) < 4.78 is 19.0. The van der Waals surface area contributed by atoms with Crippen molar-refractivity contribution in [1.82, 2.24) is 15.3 Å². The molecule has 2 aromatic heterocycles. The Hall–Kier alpha value is -3.03. The highest BCUT2D eigenvalue weighted by Gasteiger charge is 2.44. The van der Waals surface area contributed by atoms with E-state index >= 15 is 0 Å². The van der Waals surface area contributed by atoms with Gasteiger partial charge in [-0.1, -0.05) is 0 Å². The highest BCUT2D eigenvalue weighted by molar-refractivity contribution is 5.93. The van der Waals surface area contributed by atoms with E-state index in [0.29, 0.717) is 17.4 Å². The number of nitrogens with two attached hydrogens (primary N) is 1. The Kier molecular flexibility index (Phi) is 5.40. The molecule has 3 N–H and O–H groups in total.